The fourth-order valence-corrected chi connectivity index (χ4v) is 2.79. The first-order chi connectivity index (χ1) is 8.65. The zero-order valence-corrected chi connectivity index (χ0v) is 9.80. The van der Waals surface area contributed by atoms with Crippen LogP contribution in [0.25, 0.3) is 0 Å². The number of hydrogen-bond donors (Lipinski definition) is 3. The number of carbonyl (C=O) groups excluding carboxylic acids is 1. The fourth-order valence-electron chi connectivity index (χ4n) is 2.79. The standard InChI is InChI=1S/C13H15NO4/c15-9-2-1-3-10(16)12(9)13(17)14-8-6-7-4-5-11(8)18-7/h1-3,7-8,11,15-16H,4-6H2,(H,14,17). The lowest BCUT2D eigenvalue weighted by Crippen LogP contribution is -2.41. The van der Waals surface area contributed by atoms with Gasteiger partial charge in [-0.05, 0) is 31.4 Å². The molecule has 3 rings (SSSR count). The van der Waals surface area contributed by atoms with E-state index < -0.39 is 5.91 Å². The maximum atomic E-state index is 12.0. The van der Waals surface area contributed by atoms with Crippen LogP contribution in [0, 0.1) is 0 Å². The number of phenolic OH excluding ortho intramolecular Hbond substituents is 2. The molecule has 3 unspecified atom stereocenters. The van der Waals surface area contributed by atoms with Crippen LogP contribution in [-0.4, -0.2) is 34.4 Å². The number of rotatable bonds is 2. The van der Waals surface area contributed by atoms with E-state index in [1.807, 2.05) is 0 Å². The quantitative estimate of drug-likeness (QED) is 0.734. The van der Waals surface area contributed by atoms with Crippen LogP contribution in [0.15, 0.2) is 18.2 Å². The molecule has 96 valence electrons. The maximum Gasteiger partial charge on any atom is 0.259 e. The molecule has 2 bridgehead atoms. The highest BCUT2D eigenvalue weighted by Gasteiger charge is 2.41. The molecular formula is C13H15NO4. The summed E-state index contributed by atoms with van der Waals surface area (Å²) < 4.78 is 5.64. The third-order valence-corrected chi connectivity index (χ3v) is 3.67. The molecule has 0 radical (unpaired) electrons. The second kappa shape index (κ2) is 4.17. The number of aromatic hydroxyl groups is 2. The van der Waals surface area contributed by atoms with Crippen molar-refractivity contribution < 1.29 is 19.7 Å². The average Bonchev–Trinajstić information content (AvgIpc) is 2.90. The number of fused-ring (bicyclic) bond motifs is 2. The van der Waals surface area contributed by atoms with Crippen LogP contribution in [0.5, 0.6) is 11.5 Å². The number of ether oxygens (including phenoxy) is 1. The van der Waals surface area contributed by atoms with E-state index in [-0.39, 0.29) is 35.3 Å². The SMILES string of the molecule is O=C(NC1CC2CCC1O2)c1c(O)cccc1O. The summed E-state index contributed by atoms with van der Waals surface area (Å²) in [6.07, 6.45) is 3.15. The highest BCUT2D eigenvalue weighted by Crippen LogP contribution is 2.35. The fraction of sp³-hybridized carbons (Fsp3) is 0.462. The molecule has 5 heteroatoms. The van der Waals surface area contributed by atoms with E-state index in [4.69, 9.17) is 4.74 Å². The molecule has 2 aliphatic heterocycles. The van der Waals surface area contributed by atoms with Crippen LogP contribution >= 0.6 is 0 Å². The van der Waals surface area contributed by atoms with Crippen LogP contribution in [0.3, 0.4) is 0 Å². The minimum Gasteiger partial charge on any atom is -0.507 e. The van der Waals surface area contributed by atoms with Gasteiger partial charge in [0.15, 0.2) is 0 Å². The lowest BCUT2D eigenvalue weighted by Gasteiger charge is -2.20. The average molecular weight is 249 g/mol. The summed E-state index contributed by atoms with van der Waals surface area (Å²) in [6, 6.07) is 4.23. The van der Waals surface area contributed by atoms with Gasteiger partial charge in [0, 0.05) is 0 Å². The first kappa shape index (κ1) is 11.3. The van der Waals surface area contributed by atoms with Crippen molar-refractivity contribution in [2.45, 2.75) is 37.5 Å². The van der Waals surface area contributed by atoms with Gasteiger partial charge in [0.25, 0.3) is 5.91 Å². The Morgan fingerprint density at radius 3 is 2.56 bits per heavy atom. The van der Waals surface area contributed by atoms with Gasteiger partial charge in [0.1, 0.15) is 17.1 Å². The van der Waals surface area contributed by atoms with E-state index in [1.165, 1.54) is 18.2 Å². The van der Waals surface area contributed by atoms with Crippen molar-refractivity contribution in [3.63, 3.8) is 0 Å². The maximum absolute atomic E-state index is 12.0. The van der Waals surface area contributed by atoms with Gasteiger partial charge in [-0.3, -0.25) is 4.79 Å². The van der Waals surface area contributed by atoms with Crippen molar-refractivity contribution in [1.82, 2.24) is 5.32 Å². The predicted octanol–water partition coefficient (Wildman–Crippen LogP) is 1.15. The zero-order chi connectivity index (χ0) is 12.7. The highest BCUT2D eigenvalue weighted by molar-refractivity contribution is 5.99. The van der Waals surface area contributed by atoms with Gasteiger partial charge in [-0.15, -0.1) is 0 Å². The topological polar surface area (TPSA) is 78.8 Å². The Morgan fingerprint density at radius 2 is 2.00 bits per heavy atom. The second-order valence-electron chi connectivity index (χ2n) is 4.86. The van der Waals surface area contributed by atoms with Crippen LogP contribution in [-0.2, 0) is 4.74 Å². The molecule has 2 heterocycles. The van der Waals surface area contributed by atoms with Gasteiger partial charge in [-0.2, -0.15) is 0 Å². The summed E-state index contributed by atoms with van der Waals surface area (Å²) in [7, 11) is 0. The molecular weight excluding hydrogens is 234 g/mol. The van der Waals surface area contributed by atoms with Gasteiger partial charge in [-0.25, -0.2) is 0 Å². The molecule has 0 saturated carbocycles. The lowest BCUT2D eigenvalue weighted by molar-refractivity contribution is 0.0837. The van der Waals surface area contributed by atoms with Crippen LogP contribution in [0.4, 0.5) is 0 Å². The smallest absolute Gasteiger partial charge is 0.259 e. The van der Waals surface area contributed by atoms with Crippen molar-refractivity contribution in [3.8, 4) is 11.5 Å². The van der Waals surface area contributed by atoms with E-state index in [2.05, 4.69) is 5.32 Å². The van der Waals surface area contributed by atoms with E-state index in [0.29, 0.717) is 0 Å². The Kier molecular flexibility index (Phi) is 2.63. The number of nitrogens with one attached hydrogen (secondary N) is 1. The number of phenols is 2. The third-order valence-electron chi connectivity index (χ3n) is 3.67. The Labute approximate surface area is 104 Å². The van der Waals surface area contributed by atoms with Gasteiger partial charge >= 0.3 is 0 Å². The van der Waals surface area contributed by atoms with Gasteiger partial charge in [0.2, 0.25) is 0 Å². The van der Waals surface area contributed by atoms with Gasteiger partial charge in [0.05, 0.1) is 18.2 Å². The second-order valence-corrected chi connectivity index (χ2v) is 4.86. The summed E-state index contributed by atoms with van der Waals surface area (Å²) in [5, 5.41) is 22.1. The molecule has 0 spiro atoms. The molecule has 18 heavy (non-hydrogen) atoms. The summed E-state index contributed by atoms with van der Waals surface area (Å²) in [6.45, 7) is 0. The molecule has 5 nitrogen and oxygen atoms in total. The molecule has 1 amide bonds. The summed E-state index contributed by atoms with van der Waals surface area (Å²) in [5.74, 6) is -0.875. The third kappa shape index (κ3) is 1.80. The molecule has 2 aliphatic rings. The summed E-state index contributed by atoms with van der Waals surface area (Å²) in [4.78, 5) is 12.0. The number of amides is 1. The minimum absolute atomic E-state index is 0.0183. The highest BCUT2D eigenvalue weighted by atomic mass is 16.5. The molecule has 2 saturated heterocycles. The first-order valence-electron chi connectivity index (χ1n) is 6.12. The van der Waals surface area contributed by atoms with E-state index >= 15 is 0 Å². The van der Waals surface area contributed by atoms with Crippen molar-refractivity contribution >= 4 is 5.91 Å². The Bertz CT molecular complexity index is 468. The Morgan fingerprint density at radius 1 is 1.28 bits per heavy atom. The number of carbonyl (C=O) groups is 1. The van der Waals surface area contributed by atoms with Crippen LogP contribution in [0.1, 0.15) is 29.6 Å². The van der Waals surface area contributed by atoms with E-state index in [9.17, 15) is 15.0 Å². The molecule has 3 N–H and O–H groups in total. The zero-order valence-electron chi connectivity index (χ0n) is 9.80. The summed E-state index contributed by atoms with van der Waals surface area (Å²) >= 11 is 0. The van der Waals surface area contributed by atoms with Crippen LogP contribution < -0.4 is 5.32 Å². The molecule has 2 fully saturated rings. The minimum atomic E-state index is -0.452. The molecule has 0 aromatic heterocycles. The molecule has 1 aromatic rings. The lowest BCUT2D eigenvalue weighted by atomic mass is 9.95. The van der Waals surface area contributed by atoms with E-state index in [1.54, 1.807) is 0 Å². The normalized spacial score (nSPS) is 29.4. The largest absolute Gasteiger partial charge is 0.507 e. The number of benzene rings is 1. The molecule has 1 aromatic carbocycles. The number of hydrogen-bond acceptors (Lipinski definition) is 4. The predicted molar refractivity (Wildman–Crippen MR) is 63.5 cm³/mol. The van der Waals surface area contributed by atoms with Crippen LogP contribution in [0.2, 0.25) is 0 Å². The molecule has 3 atom stereocenters. The van der Waals surface area contributed by atoms with Gasteiger partial charge in [-0.1, -0.05) is 6.07 Å². The van der Waals surface area contributed by atoms with Crippen molar-refractivity contribution in [1.29, 1.82) is 0 Å². The van der Waals surface area contributed by atoms with Gasteiger partial charge < -0.3 is 20.3 Å². The monoisotopic (exact) mass is 249 g/mol. The van der Waals surface area contributed by atoms with Crippen molar-refractivity contribution in [2.75, 3.05) is 0 Å². The summed E-state index contributed by atoms with van der Waals surface area (Å²) in [5.41, 5.74) is -0.0692. The van der Waals surface area contributed by atoms with Crippen molar-refractivity contribution in [2.24, 2.45) is 0 Å². The Balaban J connectivity index is 1.75. The Hall–Kier alpha value is -1.75. The molecule has 0 aliphatic carbocycles. The van der Waals surface area contributed by atoms with E-state index in [0.717, 1.165) is 19.3 Å². The first-order valence-corrected chi connectivity index (χ1v) is 6.12. The van der Waals surface area contributed by atoms with Crippen molar-refractivity contribution in [3.05, 3.63) is 23.8 Å².